The van der Waals surface area contributed by atoms with Gasteiger partial charge in [0.2, 0.25) is 29.5 Å². The molecule has 1 saturated carbocycles. The molecule has 5 amide bonds. The van der Waals surface area contributed by atoms with Crippen LogP contribution in [0.15, 0.2) is 59.1 Å². The van der Waals surface area contributed by atoms with E-state index < -0.39 is 41.8 Å². The van der Waals surface area contributed by atoms with Gasteiger partial charge in [-0.15, -0.1) is 0 Å². The predicted molar refractivity (Wildman–Crippen MR) is 199 cm³/mol. The van der Waals surface area contributed by atoms with Gasteiger partial charge in [-0.25, -0.2) is 0 Å². The van der Waals surface area contributed by atoms with Crippen LogP contribution < -0.4 is 30.7 Å². The lowest BCUT2D eigenvalue weighted by Gasteiger charge is -2.29. The SMILES string of the molecule is COc1ccc(C[C@@H]2NC(=O)[C@@H](NC(=O)Cc3cc(C)no3)Cc3ccc(cc3)OC[C@H](CC(C)C)NC(=O)CN(CC3CC3)C(=O)[C@@H](C)NC2=O)cc1. The van der Waals surface area contributed by atoms with E-state index in [1.807, 2.05) is 0 Å². The molecule has 290 valence electrons. The molecule has 3 heterocycles. The summed E-state index contributed by atoms with van der Waals surface area (Å²) >= 11 is 0. The molecule has 14 nitrogen and oxygen atoms in total. The Labute approximate surface area is 316 Å². The number of carbonyl (C=O) groups excluding carboxylic acids is 5. The van der Waals surface area contributed by atoms with Crippen molar-refractivity contribution in [1.82, 2.24) is 31.3 Å². The van der Waals surface area contributed by atoms with E-state index in [1.54, 1.807) is 75.6 Å². The number of amides is 5. The number of benzene rings is 2. The maximum absolute atomic E-state index is 14.1. The molecule has 0 radical (unpaired) electrons. The predicted octanol–water partition coefficient (Wildman–Crippen LogP) is 2.66. The standard InChI is InChI=1S/C40H52N6O8/c1-24(2)16-30-23-53-32-14-10-28(11-15-32)18-34(43-36(47)20-33-17-25(3)45-54-33)39(50)44-35(19-27-8-12-31(52-5)13-9-27)38(49)41-26(4)40(51)46(21-29-6-7-29)22-37(48)42-30/h8-15,17,24,26,29-30,34-35H,6-7,16,18-23H2,1-5H3,(H,41,49)(H,42,48)(H,43,47)(H,44,50)/t26-,30+,34+,35+/m1/s1. The average Bonchev–Trinajstić information content (AvgIpc) is 3.86. The van der Waals surface area contributed by atoms with Crippen molar-refractivity contribution in [2.45, 2.75) is 90.4 Å². The molecule has 1 aliphatic carbocycles. The molecule has 14 heteroatoms. The fourth-order valence-electron chi connectivity index (χ4n) is 6.42. The maximum atomic E-state index is 14.1. The Kier molecular flexibility index (Phi) is 13.7. The van der Waals surface area contributed by atoms with Crippen molar-refractivity contribution in [2.24, 2.45) is 11.8 Å². The smallest absolute Gasteiger partial charge is 0.245 e. The molecule has 6 rings (SSSR count). The van der Waals surface area contributed by atoms with Crippen LogP contribution in [0.25, 0.3) is 0 Å². The summed E-state index contributed by atoms with van der Waals surface area (Å²) in [6.45, 7) is 7.88. The molecular weight excluding hydrogens is 692 g/mol. The van der Waals surface area contributed by atoms with Gasteiger partial charge in [0.15, 0.2) is 0 Å². The molecule has 54 heavy (non-hydrogen) atoms. The zero-order chi connectivity index (χ0) is 38.8. The summed E-state index contributed by atoms with van der Waals surface area (Å²) < 4.78 is 16.6. The number of rotatable bonds is 10. The Balaban J connectivity index is 1.45. The summed E-state index contributed by atoms with van der Waals surface area (Å²) in [5, 5.41) is 15.4. The molecule has 0 unspecified atom stereocenters. The molecule has 2 bridgehead atoms. The molecule has 4 atom stereocenters. The number of nitrogens with zero attached hydrogens (tertiary/aromatic N) is 2. The molecule has 1 fully saturated rings. The van der Waals surface area contributed by atoms with E-state index in [4.69, 9.17) is 14.0 Å². The minimum absolute atomic E-state index is 0.0813. The first kappa shape index (κ1) is 39.8. The van der Waals surface area contributed by atoms with E-state index in [2.05, 4.69) is 40.3 Å². The van der Waals surface area contributed by atoms with Crippen molar-refractivity contribution in [3.8, 4) is 11.5 Å². The number of hydrogen-bond donors (Lipinski definition) is 4. The Morgan fingerprint density at radius 2 is 1.72 bits per heavy atom. The highest BCUT2D eigenvalue weighted by molar-refractivity contribution is 5.95. The van der Waals surface area contributed by atoms with Gasteiger partial charge in [0, 0.05) is 25.5 Å². The van der Waals surface area contributed by atoms with Crippen LogP contribution in [0.3, 0.4) is 0 Å². The lowest BCUT2D eigenvalue weighted by Crippen LogP contribution is -2.58. The summed E-state index contributed by atoms with van der Waals surface area (Å²) in [4.78, 5) is 70.2. The van der Waals surface area contributed by atoms with E-state index >= 15 is 0 Å². The van der Waals surface area contributed by atoms with Gasteiger partial charge in [0.05, 0.1) is 31.8 Å². The summed E-state index contributed by atoms with van der Waals surface area (Å²) in [6, 6.07) is 12.4. The van der Waals surface area contributed by atoms with E-state index in [9.17, 15) is 24.0 Å². The van der Waals surface area contributed by atoms with Crippen molar-refractivity contribution in [3.05, 3.63) is 77.2 Å². The van der Waals surface area contributed by atoms with E-state index in [-0.39, 0.29) is 56.2 Å². The Morgan fingerprint density at radius 1 is 1.00 bits per heavy atom. The number of carbonyl (C=O) groups is 5. The fraction of sp³-hybridized carbons (Fsp3) is 0.500. The molecule has 2 aliphatic heterocycles. The zero-order valence-corrected chi connectivity index (χ0v) is 31.7. The summed E-state index contributed by atoms with van der Waals surface area (Å²) in [7, 11) is 1.55. The molecule has 0 spiro atoms. The van der Waals surface area contributed by atoms with Crippen molar-refractivity contribution in [3.63, 3.8) is 0 Å². The van der Waals surface area contributed by atoms with Gasteiger partial charge >= 0.3 is 0 Å². The molecule has 3 aliphatic rings. The second-order valence-electron chi connectivity index (χ2n) is 14.8. The summed E-state index contributed by atoms with van der Waals surface area (Å²) in [6.07, 6.45) is 2.62. The minimum Gasteiger partial charge on any atom is -0.497 e. The second kappa shape index (κ2) is 18.6. The molecule has 4 N–H and O–H groups in total. The highest BCUT2D eigenvalue weighted by Crippen LogP contribution is 2.30. The Morgan fingerprint density at radius 3 is 2.35 bits per heavy atom. The third kappa shape index (κ3) is 12.1. The third-order valence-corrected chi connectivity index (χ3v) is 9.38. The number of nitrogens with one attached hydrogen (secondary N) is 4. The molecule has 0 saturated heterocycles. The van der Waals surface area contributed by atoms with Crippen LogP contribution in [-0.4, -0.2) is 90.6 Å². The molecule has 1 aromatic heterocycles. The number of aryl methyl sites for hydroxylation is 1. The third-order valence-electron chi connectivity index (χ3n) is 9.38. The van der Waals surface area contributed by atoms with Crippen molar-refractivity contribution >= 4 is 29.5 Å². The lowest BCUT2D eigenvalue weighted by molar-refractivity contribution is -0.140. The summed E-state index contributed by atoms with van der Waals surface area (Å²) in [5.41, 5.74) is 2.07. The maximum Gasteiger partial charge on any atom is 0.245 e. The highest BCUT2D eigenvalue weighted by Gasteiger charge is 2.33. The lowest BCUT2D eigenvalue weighted by atomic mass is 10.0. The van der Waals surface area contributed by atoms with Crippen LogP contribution in [-0.2, 0) is 43.2 Å². The van der Waals surface area contributed by atoms with Crippen LogP contribution in [0.4, 0.5) is 0 Å². The number of ether oxygens (including phenoxy) is 2. The number of hydrogen-bond acceptors (Lipinski definition) is 9. The van der Waals surface area contributed by atoms with Gasteiger partial charge in [0.1, 0.15) is 42.0 Å². The average molecular weight is 745 g/mol. The Bertz CT molecular complexity index is 1750. The Hall–Kier alpha value is -5.40. The van der Waals surface area contributed by atoms with Gasteiger partial charge in [0.25, 0.3) is 0 Å². The molecule has 2 aromatic carbocycles. The normalized spacial score (nSPS) is 21.9. The fourth-order valence-corrected chi connectivity index (χ4v) is 6.42. The van der Waals surface area contributed by atoms with Gasteiger partial charge in [-0.2, -0.15) is 0 Å². The van der Waals surface area contributed by atoms with Gasteiger partial charge in [-0.1, -0.05) is 43.3 Å². The summed E-state index contributed by atoms with van der Waals surface area (Å²) in [5.74, 6) is -0.276. The molecule has 3 aromatic rings. The van der Waals surface area contributed by atoms with E-state index in [0.717, 1.165) is 24.0 Å². The first-order valence-corrected chi connectivity index (χ1v) is 18.6. The zero-order valence-electron chi connectivity index (χ0n) is 31.7. The number of fused-ring (bicyclic) bond motifs is 17. The quantitative estimate of drug-likeness (QED) is 0.227. The first-order chi connectivity index (χ1) is 25.8. The second-order valence-corrected chi connectivity index (χ2v) is 14.8. The van der Waals surface area contributed by atoms with E-state index in [1.165, 1.54) is 4.90 Å². The highest BCUT2D eigenvalue weighted by atomic mass is 16.5. The van der Waals surface area contributed by atoms with Crippen molar-refractivity contribution in [2.75, 3.05) is 26.8 Å². The van der Waals surface area contributed by atoms with E-state index in [0.29, 0.717) is 35.9 Å². The van der Waals surface area contributed by atoms with Crippen molar-refractivity contribution in [1.29, 1.82) is 0 Å². The van der Waals surface area contributed by atoms with Gasteiger partial charge in [-0.3, -0.25) is 24.0 Å². The largest absolute Gasteiger partial charge is 0.497 e. The van der Waals surface area contributed by atoms with Crippen LogP contribution >= 0.6 is 0 Å². The number of methoxy groups -OCH3 is 1. The van der Waals surface area contributed by atoms with Gasteiger partial charge < -0.3 is 40.2 Å². The topological polar surface area (TPSA) is 181 Å². The first-order valence-electron chi connectivity index (χ1n) is 18.6. The van der Waals surface area contributed by atoms with Crippen LogP contribution in [0.2, 0.25) is 0 Å². The van der Waals surface area contributed by atoms with Gasteiger partial charge in [-0.05, 0) is 80.3 Å². The van der Waals surface area contributed by atoms with Crippen molar-refractivity contribution < 1.29 is 38.0 Å². The van der Waals surface area contributed by atoms with Crippen LogP contribution in [0, 0.1) is 18.8 Å². The van der Waals surface area contributed by atoms with Crippen LogP contribution in [0.5, 0.6) is 11.5 Å². The number of aromatic nitrogens is 1. The minimum atomic E-state index is -1.13. The van der Waals surface area contributed by atoms with Crippen LogP contribution in [0.1, 0.15) is 62.6 Å². The monoisotopic (exact) mass is 744 g/mol. The molecular formula is C40H52N6O8.